The molecular weight excluding hydrogens is 355 g/mol. The zero-order valence-corrected chi connectivity index (χ0v) is 15.1. The maximum Gasteiger partial charge on any atom is 0.256 e. The molecule has 1 saturated heterocycles. The van der Waals surface area contributed by atoms with Gasteiger partial charge in [0.25, 0.3) is 5.91 Å². The van der Waals surface area contributed by atoms with Crippen molar-refractivity contribution in [1.82, 2.24) is 9.80 Å². The third-order valence-corrected chi connectivity index (χ3v) is 4.78. The summed E-state index contributed by atoms with van der Waals surface area (Å²) in [4.78, 5) is 28.2. The highest BCUT2D eigenvalue weighted by Gasteiger charge is 2.25. The van der Waals surface area contributed by atoms with E-state index in [1.807, 2.05) is 18.2 Å². The van der Waals surface area contributed by atoms with Gasteiger partial charge in [-0.2, -0.15) is 0 Å². The molecule has 3 rings (SSSR count). The monoisotopic (exact) mass is 374 g/mol. The number of halogens is 2. The zero-order valence-electron chi connectivity index (χ0n) is 14.3. The maximum atomic E-state index is 13.8. The molecule has 0 N–H and O–H groups in total. The van der Waals surface area contributed by atoms with E-state index < -0.39 is 5.82 Å². The first-order chi connectivity index (χ1) is 12.5. The van der Waals surface area contributed by atoms with E-state index in [2.05, 4.69) is 0 Å². The molecule has 0 bridgehead atoms. The summed E-state index contributed by atoms with van der Waals surface area (Å²) >= 11 is 5.96. The molecule has 1 fully saturated rings. The molecule has 0 radical (unpaired) electrons. The van der Waals surface area contributed by atoms with Gasteiger partial charge in [0.2, 0.25) is 5.91 Å². The van der Waals surface area contributed by atoms with E-state index in [1.54, 1.807) is 28.0 Å². The summed E-state index contributed by atoms with van der Waals surface area (Å²) in [5.74, 6) is -0.783. The van der Waals surface area contributed by atoms with E-state index in [1.165, 1.54) is 12.1 Å². The van der Waals surface area contributed by atoms with Crippen LogP contribution in [0.5, 0.6) is 0 Å². The molecule has 2 amide bonds. The minimum absolute atomic E-state index is 0.0583. The first-order valence-corrected chi connectivity index (χ1v) is 8.98. The largest absolute Gasteiger partial charge is 0.339 e. The van der Waals surface area contributed by atoms with Crippen LogP contribution in [0.2, 0.25) is 5.02 Å². The molecule has 26 heavy (non-hydrogen) atoms. The lowest BCUT2D eigenvalue weighted by atomic mass is 10.1. The summed E-state index contributed by atoms with van der Waals surface area (Å²) in [5, 5.41) is 0.662. The second kappa shape index (κ2) is 8.32. The van der Waals surface area contributed by atoms with Crippen molar-refractivity contribution in [3.05, 3.63) is 70.5 Å². The number of piperazine rings is 1. The van der Waals surface area contributed by atoms with Crippen molar-refractivity contribution in [2.24, 2.45) is 0 Å². The normalized spacial score (nSPS) is 14.4. The number of carbonyl (C=O) groups is 2. The molecule has 0 atom stereocenters. The van der Waals surface area contributed by atoms with Crippen molar-refractivity contribution in [1.29, 1.82) is 0 Å². The topological polar surface area (TPSA) is 40.6 Å². The minimum atomic E-state index is -0.516. The highest BCUT2D eigenvalue weighted by molar-refractivity contribution is 6.30. The number of hydrogen-bond acceptors (Lipinski definition) is 2. The predicted octanol–water partition coefficient (Wildman–Crippen LogP) is 3.40. The third kappa shape index (κ3) is 4.41. The molecular formula is C20H20ClFN2O2. The molecule has 2 aromatic carbocycles. The lowest BCUT2D eigenvalue weighted by molar-refractivity contribution is -0.132. The van der Waals surface area contributed by atoms with Crippen LogP contribution in [-0.4, -0.2) is 47.8 Å². The SMILES string of the molecule is O=C(CCc1cccc(Cl)c1)N1CCN(C(=O)c2ccccc2F)CC1. The van der Waals surface area contributed by atoms with Gasteiger partial charge in [-0.3, -0.25) is 9.59 Å². The summed E-state index contributed by atoms with van der Waals surface area (Å²) in [5.41, 5.74) is 1.10. The van der Waals surface area contributed by atoms with Gasteiger partial charge in [-0.05, 0) is 36.2 Å². The molecule has 136 valence electrons. The molecule has 1 aliphatic rings. The van der Waals surface area contributed by atoms with Gasteiger partial charge in [-0.1, -0.05) is 35.9 Å². The molecule has 0 spiro atoms. The van der Waals surface area contributed by atoms with Crippen LogP contribution < -0.4 is 0 Å². The summed E-state index contributed by atoms with van der Waals surface area (Å²) < 4.78 is 13.8. The van der Waals surface area contributed by atoms with Crippen molar-refractivity contribution in [3.8, 4) is 0 Å². The molecule has 1 heterocycles. The second-order valence-corrected chi connectivity index (χ2v) is 6.72. The molecule has 6 heteroatoms. The standard InChI is InChI=1S/C20H20ClFN2O2/c21-16-5-3-4-15(14-16)8-9-19(25)23-10-12-24(13-11-23)20(26)17-6-1-2-7-18(17)22/h1-7,14H,8-13H2. The van der Waals surface area contributed by atoms with Crippen molar-refractivity contribution in [2.45, 2.75) is 12.8 Å². The lowest BCUT2D eigenvalue weighted by Gasteiger charge is -2.35. The number of nitrogens with zero attached hydrogens (tertiary/aromatic N) is 2. The molecule has 1 aliphatic heterocycles. The van der Waals surface area contributed by atoms with E-state index in [0.29, 0.717) is 44.0 Å². The van der Waals surface area contributed by atoms with Crippen LogP contribution in [0, 0.1) is 5.82 Å². The van der Waals surface area contributed by atoms with Crippen LogP contribution in [0.25, 0.3) is 0 Å². The van der Waals surface area contributed by atoms with Gasteiger partial charge in [0, 0.05) is 37.6 Å². The van der Waals surface area contributed by atoms with Crippen molar-refractivity contribution in [2.75, 3.05) is 26.2 Å². The van der Waals surface area contributed by atoms with Gasteiger partial charge in [0.1, 0.15) is 5.82 Å². The van der Waals surface area contributed by atoms with Gasteiger partial charge in [0.05, 0.1) is 5.56 Å². The fourth-order valence-electron chi connectivity index (χ4n) is 3.07. The Balaban J connectivity index is 1.51. The minimum Gasteiger partial charge on any atom is -0.339 e. The smallest absolute Gasteiger partial charge is 0.256 e. The number of benzene rings is 2. The van der Waals surface area contributed by atoms with Gasteiger partial charge in [0.15, 0.2) is 0 Å². The Morgan fingerprint density at radius 1 is 0.962 bits per heavy atom. The van der Waals surface area contributed by atoms with E-state index in [-0.39, 0.29) is 17.4 Å². The Morgan fingerprint density at radius 3 is 2.35 bits per heavy atom. The van der Waals surface area contributed by atoms with Crippen molar-refractivity contribution < 1.29 is 14.0 Å². The quantitative estimate of drug-likeness (QED) is 0.823. The van der Waals surface area contributed by atoms with Crippen LogP contribution in [0.3, 0.4) is 0 Å². The van der Waals surface area contributed by atoms with E-state index in [4.69, 9.17) is 11.6 Å². The highest BCUT2D eigenvalue weighted by Crippen LogP contribution is 2.15. The Morgan fingerprint density at radius 2 is 1.65 bits per heavy atom. The van der Waals surface area contributed by atoms with Gasteiger partial charge >= 0.3 is 0 Å². The fourth-order valence-corrected chi connectivity index (χ4v) is 3.28. The Labute approximate surface area is 157 Å². The highest BCUT2D eigenvalue weighted by atomic mass is 35.5. The van der Waals surface area contributed by atoms with E-state index in [0.717, 1.165) is 5.56 Å². The fraction of sp³-hybridized carbons (Fsp3) is 0.300. The van der Waals surface area contributed by atoms with E-state index in [9.17, 15) is 14.0 Å². The summed E-state index contributed by atoms with van der Waals surface area (Å²) in [7, 11) is 0. The van der Waals surface area contributed by atoms with Crippen LogP contribution in [-0.2, 0) is 11.2 Å². The average Bonchev–Trinajstić information content (AvgIpc) is 2.66. The predicted molar refractivity (Wildman–Crippen MR) is 98.7 cm³/mol. The van der Waals surface area contributed by atoms with Gasteiger partial charge < -0.3 is 9.80 Å². The molecule has 0 saturated carbocycles. The molecule has 2 aromatic rings. The maximum absolute atomic E-state index is 13.8. The molecule has 0 unspecified atom stereocenters. The molecule has 4 nitrogen and oxygen atoms in total. The Bertz CT molecular complexity index is 804. The summed E-state index contributed by atoms with van der Waals surface area (Å²) in [6.07, 6.45) is 1.04. The number of amides is 2. The average molecular weight is 375 g/mol. The first kappa shape index (κ1) is 18.4. The summed E-state index contributed by atoms with van der Waals surface area (Å²) in [6, 6.07) is 13.5. The molecule has 0 aliphatic carbocycles. The number of hydrogen-bond donors (Lipinski definition) is 0. The number of carbonyl (C=O) groups excluding carboxylic acids is 2. The first-order valence-electron chi connectivity index (χ1n) is 8.60. The van der Waals surface area contributed by atoms with Crippen LogP contribution in [0.1, 0.15) is 22.3 Å². The van der Waals surface area contributed by atoms with Gasteiger partial charge in [-0.15, -0.1) is 0 Å². The van der Waals surface area contributed by atoms with Crippen LogP contribution >= 0.6 is 11.6 Å². The number of aryl methyl sites for hydroxylation is 1. The Kier molecular flexibility index (Phi) is 5.89. The van der Waals surface area contributed by atoms with Crippen LogP contribution in [0.4, 0.5) is 4.39 Å². The van der Waals surface area contributed by atoms with Crippen molar-refractivity contribution in [3.63, 3.8) is 0 Å². The Hall–Kier alpha value is -2.40. The van der Waals surface area contributed by atoms with Gasteiger partial charge in [-0.25, -0.2) is 4.39 Å². The lowest BCUT2D eigenvalue weighted by Crippen LogP contribution is -2.50. The van der Waals surface area contributed by atoms with E-state index >= 15 is 0 Å². The zero-order chi connectivity index (χ0) is 18.5. The molecule has 0 aromatic heterocycles. The third-order valence-electron chi connectivity index (χ3n) is 4.54. The second-order valence-electron chi connectivity index (χ2n) is 6.28. The van der Waals surface area contributed by atoms with Crippen LogP contribution in [0.15, 0.2) is 48.5 Å². The van der Waals surface area contributed by atoms with Crippen molar-refractivity contribution >= 4 is 23.4 Å². The number of rotatable bonds is 4. The summed E-state index contributed by atoms with van der Waals surface area (Å²) in [6.45, 7) is 1.76.